The van der Waals surface area contributed by atoms with Gasteiger partial charge in [-0.3, -0.25) is 4.79 Å². The second kappa shape index (κ2) is 5.67. The number of tetrazole rings is 1. The molecule has 0 spiro atoms. The maximum Gasteiger partial charge on any atom is 0.305 e. The first-order valence-corrected chi connectivity index (χ1v) is 6.89. The molecule has 114 valence electrons. The third kappa shape index (κ3) is 2.81. The van der Waals surface area contributed by atoms with Gasteiger partial charge in [-0.2, -0.15) is 0 Å². The molecule has 0 saturated heterocycles. The summed E-state index contributed by atoms with van der Waals surface area (Å²) >= 11 is 0. The van der Waals surface area contributed by atoms with Crippen LogP contribution in [0.3, 0.4) is 0 Å². The molecule has 0 aromatic carbocycles. The normalized spacial score (nSPS) is 12.9. The van der Waals surface area contributed by atoms with Gasteiger partial charge in [-0.25, -0.2) is 4.68 Å². The van der Waals surface area contributed by atoms with Crippen molar-refractivity contribution in [2.75, 3.05) is 0 Å². The Hall–Kier alpha value is -2.18. The molecule has 1 atom stereocenters. The number of carboxylic acids is 1. The van der Waals surface area contributed by atoms with Crippen LogP contribution in [0, 0.1) is 26.7 Å². The van der Waals surface area contributed by atoms with Crippen LogP contribution < -0.4 is 0 Å². The van der Waals surface area contributed by atoms with E-state index in [0.717, 1.165) is 22.6 Å². The average Bonchev–Trinajstić information content (AvgIpc) is 2.92. The van der Waals surface area contributed by atoms with Gasteiger partial charge in [0.15, 0.2) is 5.82 Å². The van der Waals surface area contributed by atoms with Crippen LogP contribution in [0.25, 0.3) is 11.4 Å². The second-order valence-electron chi connectivity index (χ2n) is 5.57. The van der Waals surface area contributed by atoms with Gasteiger partial charge in [0, 0.05) is 5.56 Å². The van der Waals surface area contributed by atoms with Crippen LogP contribution in [0.5, 0.6) is 0 Å². The fraction of sp³-hybridized carbons (Fsp3) is 0.571. The Bertz CT molecular complexity index is 657. The molecule has 0 radical (unpaired) electrons. The molecule has 0 aliphatic heterocycles. The highest BCUT2D eigenvalue weighted by molar-refractivity contribution is 5.68. The minimum atomic E-state index is -0.869. The molecule has 1 unspecified atom stereocenters. The first-order valence-electron chi connectivity index (χ1n) is 6.89. The third-order valence-electron chi connectivity index (χ3n) is 3.75. The summed E-state index contributed by atoms with van der Waals surface area (Å²) < 4.78 is 7.22. The summed E-state index contributed by atoms with van der Waals surface area (Å²) in [6.07, 6.45) is -0.0232. The van der Waals surface area contributed by atoms with E-state index in [2.05, 4.69) is 15.5 Å². The fourth-order valence-corrected chi connectivity index (χ4v) is 2.49. The lowest BCUT2D eigenvalue weighted by molar-refractivity contribution is -0.138. The minimum Gasteiger partial charge on any atom is -0.481 e. The van der Waals surface area contributed by atoms with E-state index in [0.29, 0.717) is 5.82 Å². The highest BCUT2D eigenvalue weighted by Crippen LogP contribution is 2.32. The van der Waals surface area contributed by atoms with Gasteiger partial charge in [-0.15, -0.1) is 5.10 Å². The number of furan rings is 1. The molecule has 21 heavy (non-hydrogen) atoms. The molecule has 2 heterocycles. The predicted octanol–water partition coefficient (Wildman–Crippen LogP) is 2.53. The van der Waals surface area contributed by atoms with Crippen molar-refractivity contribution in [3.8, 4) is 11.4 Å². The van der Waals surface area contributed by atoms with E-state index in [9.17, 15) is 4.79 Å². The van der Waals surface area contributed by atoms with E-state index in [1.165, 1.54) is 0 Å². The number of rotatable bonds is 5. The summed E-state index contributed by atoms with van der Waals surface area (Å²) in [6.45, 7) is 9.60. The number of aryl methyl sites for hydroxylation is 2. The molecule has 7 heteroatoms. The molecule has 2 aromatic heterocycles. The zero-order chi connectivity index (χ0) is 15.7. The Kier molecular flexibility index (Phi) is 4.11. The molecule has 0 aliphatic rings. The number of aromatic nitrogens is 4. The molecule has 0 saturated carbocycles. The van der Waals surface area contributed by atoms with E-state index < -0.39 is 5.97 Å². The molecule has 0 bridgehead atoms. The lowest BCUT2D eigenvalue weighted by Gasteiger charge is -2.20. The van der Waals surface area contributed by atoms with Crippen molar-refractivity contribution in [1.82, 2.24) is 20.2 Å². The van der Waals surface area contributed by atoms with Crippen molar-refractivity contribution in [2.45, 2.75) is 47.1 Å². The second-order valence-corrected chi connectivity index (χ2v) is 5.57. The van der Waals surface area contributed by atoms with Crippen LogP contribution >= 0.6 is 0 Å². The minimum absolute atomic E-state index is 0.0232. The zero-order valence-electron chi connectivity index (χ0n) is 12.9. The molecule has 2 rings (SSSR count). The standard InChI is InChI=1S/C14H20N4O3/c1-7(2)11(6-12(19)20)18-14(15-16-17-18)13-8(3)9(4)21-10(13)5/h7,11H,6H2,1-5H3,(H,19,20). The Labute approximate surface area is 123 Å². The average molecular weight is 292 g/mol. The first kappa shape index (κ1) is 15.2. The number of aliphatic carboxylic acids is 1. The SMILES string of the molecule is Cc1oc(C)c(-c2nnnn2C(CC(=O)O)C(C)C)c1C. The van der Waals surface area contributed by atoms with E-state index in [1.807, 2.05) is 34.6 Å². The predicted molar refractivity (Wildman–Crippen MR) is 75.9 cm³/mol. The molecule has 7 nitrogen and oxygen atoms in total. The largest absolute Gasteiger partial charge is 0.481 e. The lowest BCUT2D eigenvalue weighted by atomic mass is 10.0. The van der Waals surface area contributed by atoms with Gasteiger partial charge in [0.1, 0.15) is 11.5 Å². The highest BCUT2D eigenvalue weighted by Gasteiger charge is 2.27. The van der Waals surface area contributed by atoms with E-state index in [-0.39, 0.29) is 18.4 Å². The van der Waals surface area contributed by atoms with Crippen LogP contribution in [0.1, 0.15) is 43.4 Å². The molecule has 0 amide bonds. The van der Waals surface area contributed by atoms with E-state index in [4.69, 9.17) is 9.52 Å². The molecular weight excluding hydrogens is 272 g/mol. The Morgan fingerprint density at radius 3 is 2.43 bits per heavy atom. The van der Waals surface area contributed by atoms with Crippen molar-refractivity contribution in [3.63, 3.8) is 0 Å². The maximum atomic E-state index is 11.1. The lowest BCUT2D eigenvalue weighted by Crippen LogP contribution is -2.21. The highest BCUT2D eigenvalue weighted by atomic mass is 16.4. The summed E-state index contributed by atoms with van der Waals surface area (Å²) in [6, 6.07) is -0.304. The van der Waals surface area contributed by atoms with Crippen molar-refractivity contribution in [3.05, 3.63) is 17.1 Å². The van der Waals surface area contributed by atoms with Gasteiger partial charge >= 0.3 is 5.97 Å². The monoisotopic (exact) mass is 292 g/mol. The zero-order valence-corrected chi connectivity index (χ0v) is 12.9. The maximum absolute atomic E-state index is 11.1. The molecule has 2 aromatic rings. The Morgan fingerprint density at radius 1 is 1.29 bits per heavy atom. The van der Waals surface area contributed by atoms with Gasteiger partial charge in [0.25, 0.3) is 0 Å². The van der Waals surface area contributed by atoms with Gasteiger partial charge < -0.3 is 9.52 Å². The van der Waals surface area contributed by atoms with Crippen LogP contribution in [-0.4, -0.2) is 31.3 Å². The summed E-state index contributed by atoms with van der Waals surface area (Å²) in [5.41, 5.74) is 1.81. The van der Waals surface area contributed by atoms with Gasteiger partial charge in [-0.1, -0.05) is 13.8 Å². The number of carboxylic acid groups (broad SMARTS) is 1. The smallest absolute Gasteiger partial charge is 0.305 e. The first-order chi connectivity index (χ1) is 9.82. The summed E-state index contributed by atoms with van der Waals surface area (Å²) in [4.78, 5) is 11.1. The van der Waals surface area contributed by atoms with Crippen LogP contribution in [0.2, 0.25) is 0 Å². The molecule has 0 fully saturated rings. The van der Waals surface area contributed by atoms with E-state index in [1.54, 1.807) is 4.68 Å². The number of carbonyl (C=O) groups is 1. The van der Waals surface area contributed by atoms with Gasteiger partial charge in [0.05, 0.1) is 18.0 Å². The van der Waals surface area contributed by atoms with Crippen LogP contribution in [0.15, 0.2) is 4.42 Å². The number of hydrogen-bond donors (Lipinski definition) is 1. The van der Waals surface area contributed by atoms with E-state index >= 15 is 0 Å². The Balaban J connectivity index is 2.53. The molecule has 1 N–H and O–H groups in total. The summed E-state index contributed by atoms with van der Waals surface area (Å²) in [7, 11) is 0. The van der Waals surface area contributed by atoms with Crippen LogP contribution in [-0.2, 0) is 4.79 Å². The summed E-state index contributed by atoms with van der Waals surface area (Å²) in [5, 5.41) is 20.9. The molecule has 0 aliphatic carbocycles. The van der Waals surface area contributed by atoms with Crippen molar-refractivity contribution in [1.29, 1.82) is 0 Å². The topological polar surface area (TPSA) is 94.0 Å². The van der Waals surface area contributed by atoms with Gasteiger partial charge in [-0.05, 0) is 37.1 Å². The van der Waals surface area contributed by atoms with Crippen LogP contribution in [0.4, 0.5) is 0 Å². The number of hydrogen-bond acceptors (Lipinski definition) is 5. The van der Waals surface area contributed by atoms with Crippen molar-refractivity contribution < 1.29 is 14.3 Å². The quantitative estimate of drug-likeness (QED) is 0.910. The molecular formula is C14H20N4O3. The van der Waals surface area contributed by atoms with Gasteiger partial charge in [0.2, 0.25) is 0 Å². The number of nitrogens with zero attached hydrogens (tertiary/aromatic N) is 4. The Morgan fingerprint density at radius 2 is 1.95 bits per heavy atom. The fourth-order valence-electron chi connectivity index (χ4n) is 2.49. The summed E-state index contributed by atoms with van der Waals surface area (Å²) in [5.74, 6) is 1.33. The van der Waals surface area contributed by atoms with Crippen molar-refractivity contribution in [2.24, 2.45) is 5.92 Å². The third-order valence-corrected chi connectivity index (χ3v) is 3.75. The van der Waals surface area contributed by atoms with Crippen molar-refractivity contribution >= 4 is 5.97 Å².